The molecule has 9 rings (SSSR count). The number of hydrogen-bond acceptors (Lipinski definition) is 18. The summed E-state index contributed by atoms with van der Waals surface area (Å²) in [6.07, 6.45) is -16.7. The zero-order chi connectivity index (χ0) is 44.2. The Labute approximate surface area is 362 Å². The van der Waals surface area contributed by atoms with E-state index in [9.17, 15) is 51.1 Å². The second kappa shape index (κ2) is 17.3. The fraction of sp³-hybridized carbons (Fsp3) is 0.955. The van der Waals surface area contributed by atoms with Crippen molar-refractivity contribution < 1.29 is 89.0 Å². The maximum Gasteiger partial charge on any atom is 0.187 e. The van der Waals surface area contributed by atoms with Crippen LogP contribution in [0.15, 0.2) is 12.2 Å². The summed E-state index contributed by atoms with van der Waals surface area (Å²) in [4.78, 5) is 0. The molecule has 0 radical (unpaired) electrons. The first kappa shape index (κ1) is 46.1. The van der Waals surface area contributed by atoms with Gasteiger partial charge in [0.05, 0.1) is 44.7 Å². The summed E-state index contributed by atoms with van der Waals surface area (Å²) in [5.41, 5.74) is 1.04. The van der Waals surface area contributed by atoms with Gasteiger partial charge >= 0.3 is 0 Å². The molecule has 354 valence electrons. The van der Waals surface area contributed by atoms with Gasteiger partial charge in [-0.1, -0.05) is 32.9 Å². The highest BCUT2D eigenvalue weighted by Crippen LogP contribution is 2.71. The van der Waals surface area contributed by atoms with E-state index in [1.807, 2.05) is 0 Å². The second-order valence-electron chi connectivity index (χ2n) is 20.8. The van der Waals surface area contributed by atoms with Gasteiger partial charge in [-0.25, -0.2) is 0 Å². The van der Waals surface area contributed by atoms with Crippen LogP contribution in [-0.2, 0) is 37.9 Å². The Bertz CT molecular complexity index is 1590. The predicted octanol–water partition coefficient (Wildman–Crippen LogP) is -1.20. The molecule has 9 aliphatic rings. The molecule has 5 saturated heterocycles. The van der Waals surface area contributed by atoms with Crippen LogP contribution >= 0.6 is 0 Å². The largest absolute Gasteiger partial charge is 0.394 e. The van der Waals surface area contributed by atoms with E-state index < -0.39 is 124 Å². The molecule has 3 unspecified atom stereocenters. The molecule has 5 aliphatic heterocycles. The third-order valence-electron chi connectivity index (χ3n) is 17.7. The molecule has 9 fully saturated rings. The van der Waals surface area contributed by atoms with Crippen molar-refractivity contribution in [1.82, 2.24) is 0 Å². The van der Waals surface area contributed by atoms with Crippen LogP contribution in [0.3, 0.4) is 0 Å². The Morgan fingerprint density at radius 1 is 0.694 bits per heavy atom. The van der Waals surface area contributed by atoms with Crippen molar-refractivity contribution in [1.29, 1.82) is 0 Å². The summed E-state index contributed by atoms with van der Waals surface area (Å²) in [5.74, 6) is 1.67. The average molecular weight is 887 g/mol. The van der Waals surface area contributed by atoms with Crippen molar-refractivity contribution in [2.75, 3.05) is 26.4 Å². The Morgan fingerprint density at radius 2 is 1.39 bits per heavy atom. The molecule has 1 spiro atoms. The molecular formula is C44H70O18. The normalized spacial score (nSPS) is 57.8. The maximum absolute atomic E-state index is 12.1. The van der Waals surface area contributed by atoms with Gasteiger partial charge in [-0.3, -0.25) is 0 Å². The standard InChI is InChI=1S/C44H70O18/c1-18-7-10-44(56-16-18)19(2)30-27(62-44)12-23-21-6-5-20-11-26(24(47)13-43(20,4)22(21)8-9-42(23,30)3)57-41-38(61-40-36(54)34(52)32(50)28(14-45)58-40)37(33(51)29(15-46)59-41)60-39-35(53)31(49)25(48)17-55-39/h19-41,45-54H,1,5-17H2,2-4H3/t19-,20?,21+,22-,23-,24?,25+,26?,27-,28+,29+,30-,31-,32+,33-,34-,35+,36+,37-,38+,39-,40-,41+,42-,43-,44+/m0/s1. The summed E-state index contributed by atoms with van der Waals surface area (Å²) in [6, 6.07) is 0. The Balaban J connectivity index is 0.936. The van der Waals surface area contributed by atoms with Gasteiger partial charge in [0.2, 0.25) is 0 Å². The Morgan fingerprint density at radius 3 is 2.10 bits per heavy atom. The average Bonchev–Trinajstić information content (AvgIpc) is 3.69. The molecule has 4 aliphatic carbocycles. The summed E-state index contributed by atoms with van der Waals surface area (Å²) < 4.78 is 49.5. The maximum atomic E-state index is 12.1. The van der Waals surface area contributed by atoms with Crippen LogP contribution in [0.4, 0.5) is 0 Å². The van der Waals surface area contributed by atoms with Gasteiger partial charge in [0.15, 0.2) is 24.7 Å². The highest BCUT2D eigenvalue weighted by molar-refractivity contribution is 5.17. The molecule has 0 amide bonds. The minimum Gasteiger partial charge on any atom is -0.394 e. The molecule has 0 aromatic carbocycles. The minimum absolute atomic E-state index is 0.117. The van der Waals surface area contributed by atoms with Gasteiger partial charge in [0, 0.05) is 12.3 Å². The fourth-order valence-corrected chi connectivity index (χ4v) is 14.3. The molecule has 0 bridgehead atoms. The lowest BCUT2D eigenvalue weighted by molar-refractivity contribution is -0.394. The van der Waals surface area contributed by atoms with Crippen LogP contribution in [0.5, 0.6) is 0 Å². The minimum atomic E-state index is -1.87. The number of fused-ring (bicyclic) bond motifs is 7. The van der Waals surface area contributed by atoms with Crippen molar-refractivity contribution in [2.24, 2.45) is 46.3 Å². The van der Waals surface area contributed by atoms with E-state index >= 15 is 0 Å². The number of aliphatic hydroxyl groups excluding tert-OH is 10. The van der Waals surface area contributed by atoms with Gasteiger partial charge < -0.3 is 89.0 Å². The smallest absolute Gasteiger partial charge is 0.187 e. The number of aliphatic hydroxyl groups is 10. The molecule has 5 heterocycles. The first-order valence-electron chi connectivity index (χ1n) is 23.0. The summed E-state index contributed by atoms with van der Waals surface area (Å²) in [6.45, 7) is 9.91. The number of hydrogen-bond donors (Lipinski definition) is 10. The van der Waals surface area contributed by atoms with E-state index in [-0.39, 0.29) is 28.8 Å². The van der Waals surface area contributed by atoms with Crippen molar-refractivity contribution in [2.45, 2.75) is 189 Å². The SMILES string of the molecule is C=C1CC[C@@]2(OC1)O[C@H]1C[C@H]3[C@@H]4CCC5CC(O[C@@H]6O[C@H](CO)[C@H](O)[C@H](O[C@@H]7OC[C@@H](O)[C@H](O)[C@H]7O)[C@H]6O[C@@H]6O[C@H](CO)[C@@H](O)[C@H](O)[C@H]6O)C(O)C[C@]5(C)[C@H]4CC[C@]3(C)[C@H]1[C@@H]2C. The van der Waals surface area contributed by atoms with Crippen LogP contribution in [0.25, 0.3) is 0 Å². The van der Waals surface area contributed by atoms with Crippen LogP contribution in [0, 0.1) is 46.3 Å². The van der Waals surface area contributed by atoms with Crippen molar-refractivity contribution in [3.63, 3.8) is 0 Å². The molecule has 4 saturated carbocycles. The van der Waals surface area contributed by atoms with Crippen LogP contribution in [0.2, 0.25) is 0 Å². The van der Waals surface area contributed by atoms with Crippen molar-refractivity contribution in [3.8, 4) is 0 Å². The monoisotopic (exact) mass is 886 g/mol. The third kappa shape index (κ3) is 7.48. The number of rotatable bonds is 8. The third-order valence-corrected chi connectivity index (χ3v) is 17.7. The number of ether oxygens (including phenoxy) is 8. The predicted molar refractivity (Wildman–Crippen MR) is 211 cm³/mol. The molecule has 26 atom stereocenters. The van der Waals surface area contributed by atoms with Gasteiger partial charge in [-0.2, -0.15) is 0 Å². The van der Waals surface area contributed by atoms with Crippen molar-refractivity contribution >= 4 is 0 Å². The van der Waals surface area contributed by atoms with E-state index in [0.29, 0.717) is 43.1 Å². The fourth-order valence-electron chi connectivity index (χ4n) is 14.3. The van der Waals surface area contributed by atoms with Gasteiger partial charge in [0.25, 0.3) is 0 Å². The van der Waals surface area contributed by atoms with Crippen molar-refractivity contribution in [3.05, 3.63) is 12.2 Å². The summed E-state index contributed by atoms with van der Waals surface area (Å²) in [7, 11) is 0. The highest BCUT2D eigenvalue weighted by Gasteiger charge is 2.69. The summed E-state index contributed by atoms with van der Waals surface area (Å²) in [5, 5.41) is 107. The molecule has 18 heteroatoms. The van der Waals surface area contributed by atoms with Crippen LogP contribution < -0.4 is 0 Å². The molecule has 18 nitrogen and oxygen atoms in total. The molecular weight excluding hydrogens is 816 g/mol. The lowest BCUT2D eigenvalue weighted by Crippen LogP contribution is -2.67. The topological polar surface area (TPSA) is 276 Å². The molecule has 0 aromatic heterocycles. The molecule has 10 N–H and O–H groups in total. The first-order chi connectivity index (χ1) is 29.4. The zero-order valence-corrected chi connectivity index (χ0v) is 35.9. The van der Waals surface area contributed by atoms with E-state index in [1.165, 1.54) is 0 Å². The quantitative estimate of drug-likeness (QED) is 0.101. The Hall–Kier alpha value is -0.980. The van der Waals surface area contributed by atoms with Gasteiger partial charge in [0.1, 0.15) is 67.1 Å². The lowest BCUT2D eigenvalue weighted by Gasteiger charge is -2.62. The lowest BCUT2D eigenvalue weighted by atomic mass is 9.44. The summed E-state index contributed by atoms with van der Waals surface area (Å²) >= 11 is 0. The van der Waals surface area contributed by atoms with E-state index in [1.54, 1.807) is 0 Å². The molecule has 62 heavy (non-hydrogen) atoms. The highest BCUT2D eigenvalue weighted by atomic mass is 16.8. The van der Waals surface area contributed by atoms with E-state index in [2.05, 4.69) is 27.4 Å². The van der Waals surface area contributed by atoms with Crippen LogP contribution in [0.1, 0.15) is 78.6 Å². The zero-order valence-electron chi connectivity index (χ0n) is 35.9. The molecule has 0 aromatic rings. The van der Waals surface area contributed by atoms with E-state index in [0.717, 1.165) is 50.5 Å². The van der Waals surface area contributed by atoms with E-state index in [4.69, 9.17) is 37.9 Å². The Kier molecular flexibility index (Phi) is 12.9. The van der Waals surface area contributed by atoms with Gasteiger partial charge in [-0.05, 0) is 91.8 Å². The second-order valence-corrected chi connectivity index (χ2v) is 20.8. The van der Waals surface area contributed by atoms with Crippen LogP contribution in [-0.4, -0.2) is 188 Å². The first-order valence-corrected chi connectivity index (χ1v) is 23.0. The van der Waals surface area contributed by atoms with Gasteiger partial charge in [-0.15, -0.1) is 0 Å².